The Morgan fingerprint density at radius 3 is 1.95 bits per heavy atom. The molecule has 0 bridgehead atoms. The molecule has 0 heteroatoms. The maximum atomic E-state index is 4.15. The lowest BCUT2D eigenvalue weighted by Crippen LogP contribution is -2.23. The maximum absolute atomic E-state index is 4.15. The van der Waals surface area contributed by atoms with E-state index in [0.29, 0.717) is 0 Å². The van der Waals surface area contributed by atoms with Gasteiger partial charge < -0.3 is 0 Å². The van der Waals surface area contributed by atoms with Crippen molar-refractivity contribution in [3.05, 3.63) is 47.5 Å². The largest absolute Gasteiger partial charge is 0.0999 e. The van der Waals surface area contributed by atoms with Crippen LogP contribution in [0.2, 0.25) is 0 Å². The summed E-state index contributed by atoms with van der Waals surface area (Å²) in [6.45, 7) is 6.33. The summed E-state index contributed by atoms with van der Waals surface area (Å²) >= 11 is 0. The Bertz CT molecular complexity index is 435. The molecule has 2 aliphatic carbocycles. The van der Waals surface area contributed by atoms with Crippen LogP contribution in [0.25, 0.3) is 0 Å². The van der Waals surface area contributed by atoms with E-state index >= 15 is 0 Å². The molecule has 2 aliphatic rings. The highest BCUT2D eigenvalue weighted by atomic mass is 14.3. The van der Waals surface area contributed by atoms with Gasteiger partial charge in [-0.15, -0.1) is 0 Å². The van der Waals surface area contributed by atoms with E-state index in [4.69, 9.17) is 0 Å². The number of hydrogen-bond acceptors (Lipinski definition) is 0. The zero-order valence-electron chi connectivity index (χ0n) is 12.9. The maximum Gasteiger partial charge on any atom is -0.0162 e. The van der Waals surface area contributed by atoms with E-state index in [2.05, 4.69) is 37.8 Å². The molecule has 0 spiro atoms. The van der Waals surface area contributed by atoms with Crippen LogP contribution in [-0.2, 0) is 0 Å². The summed E-state index contributed by atoms with van der Waals surface area (Å²) in [6, 6.07) is 9.25. The van der Waals surface area contributed by atoms with Crippen molar-refractivity contribution in [2.75, 3.05) is 0 Å². The van der Waals surface area contributed by atoms with Crippen LogP contribution in [0.4, 0.5) is 0 Å². The first-order valence-corrected chi connectivity index (χ1v) is 8.45. The molecular weight excluding hydrogens is 240 g/mol. The number of hydrogen-bond donors (Lipinski definition) is 0. The second-order valence-corrected chi connectivity index (χ2v) is 7.11. The van der Waals surface area contributed by atoms with E-state index in [1.54, 1.807) is 5.56 Å². The monoisotopic (exact) mass is 268 g/mol. The lowest BCUT2D eigenvalue weighted by molar-refractivity contribution is 0.200. The first-order chi connectivity index (χ1) is 9.72. The Labute approximate surface area is 124 Å². The minimum atomic E-state index is 0.824. The minimum absolute atomic E-state index is 0.824. The number of benzene rings is 1. The molecule has 2 fully saturated rings. The average Bonchev–Trinajstić information content (AvgIpc) is 2.49. The van der Waals surface area contributed by atoms with Crippen molar-refractivity contribution < 1.29 is 0 Å². The van der Waals surface area contributed by atoms with Gasteiger partial charge in [0.25, 0.3) is 0 Å². The molecule has 1 aromatic carbocycles. The Kier molecular flexibility index (Phi) is 4.29. The Hall–Kier alpha value is -1.04. The average molecular weight is 268 g/mol. The van der Waals surface area contributed by atoms with Gasteiger partial charge in [-0.05, 0) is 81.6 Å². The predicted molar refractivity (Wildman–Crippen MR) is 87.0 cm³/mol. The van der Waals surface area contributed by atoms with Crippen molar-refractivity contribution in [1.29, 1.82) is 0 Å². The summed E-state index contributed by atoms with van der Waals surface area (Å²) in [4.78, 5) is 0. The van der Waals surface area contributed by atoms with Crippen molar-refractivity contribution in [2.45, 2.75) is 64.2 Å². The third-order valence-corrected chi connectivity index (χ3v) is 5.72. The molecule has 0 radical (unpaired) electrons. The second kappa shape index (κ2) is 6.16. The fraction of sp³-hybridized carbons (Fsp3) is 0.600. The molecule has 3 rings (SSSR count). The predicted octanol–water partition coefficient (Wildman–Crippen LogP) is 6.02. The van der Waals surface area contributed by atoms with Gasteiger partial charge >= 0.3 is 0 Å². The van der Waals surface area contributed by atoms with Crippen LogP contribution >= 0.6 is 0 Å². The fourth-order valence-electron chi connectivity index (χ4n) is 4.28. The van der Waals surface area contributed by atoms with Crippen molar-refractivity contribution in [3.63, 3.8) is 0 Å². The molecule has 20 heavy (non-hydrogen) atoms. The van der Waals surface area contributed by atoms with Gasteiger partial charge in [-0.1, -0.05) is 42.0 Å². The summed E-state index contributed by atoms with van der Waals surface area (Å²) < 4.78 is 0. The molecule has 0 aliphatic heterocycles. The van der Waals surface area contributed by atoms with E-state index in [-0.39, 0.29) is 0 Å². The quantitative estimate of drug-likeness (QED) is 0.576. The van der Waals surface area contributed by atoms with E-state index in [0.717, 1.165) is 17.8 Å². The van der Waals surface area contributed by atoms with E-state index in [1.807, 2.05) is 0 Å². The SMILES string of the molecule is C=C1CCC(C2CCC(c3ccc(C)cc3)CC2)CC1. The molecule has 0 unspecified atom stereocenters. The van der Waals surface area contributed by atoms with Gasteiger partial charge in [0.2, 0.25) is 0 Å². The Morgan fingerprint density at radius 1 is 0.800 bits per heavy atom. The minimum Gasteiger partial charge on any atom is -0.0999 e. The highest BCUT2D eigenvalue weighted by Gasteiger charge is 2.29. The van der Waals surface area contributed by atoms with Crippen LogP contribution in [0.3, 0.4) is 0 Å². The molecule has 0 aromatic heterocycles. The number of allylic oxidation sites excluding steroid dienone is 1. The lowest BCUT2D eigenvalue weighted by Gasteiger charge is -2.36. The highest BCUT2D eigenvalue weighted by molar-refractivity contribution is 5.24. The molecule has 0 nitrogen and oxygen atoms in total. The van der Waals surface area contributed by atoms with Crippen LogP contribution < -0.4 is 0 Å². The van der Waals surface area contributed by atoms with Crippen LogP contribution in [0.1, 0.15) is 68.4 Å². The fourth-order valence-corrected chi connectivity index (χ4v) is 4.28. The molecule has 0 amide bonds. The van der Waals surface area contributed by atoms with Gasteiger partial charge in [0.1, 0.15) is 0 Å². The topological polar surface area (TPSA) is 0 Å². The molecule has 108 valence electrons. The smallest absolute Gasteiger partial charge is 0.0162 e. The molecular formula is C20H28. The van der Waals surface area contributed by atoms with Crippen LogP contribution in [0.5, 0.6) is 0 Å². The van der Waals surface area contributed by atoms with Crippen LogP contribution in [-0.4, -0.2) is 0 Å². The van der Waals surface area contributed by atoms with Crippen molar-refractivity contribution >= 4 is 0 Å². The summed E-state index contributed by atoms with van der Waals surface area (Å²) in [5.41, 5.74) is 4.45. The van der Waals surface area contributed by atoms with Crippen molar-refractivity contribution in [3.8, 4) is 0 Å². The zero-order valence-corrected chi connectivity index (χ0v) is 12.9. The van der Waals surface area contributed by atoms with Gasteiger partial charge in [0.05, 0.1) is 0 Å². The summed E-state index contributed by atoms with van der Waals surface area (Å²) in [7, 11) is 0. The van der Waals surface area contributed by atoms with Gasteiger partial charge in [0, 0.05) is 0 Å². The van der Waals surface area contributed by atoms with E-state index in [9.17, 15) is 0 Å². The van der Waals surface area contributed by atoms with Gasteiger partial charge in [-0.2, -0.15) is 0 Å². The molecule has 0 heterocycles. The third-order valence-electron chi connectivity index (χ3n) is 5.72. The van der Waals surface area contributed by atoms with Gasteiger partial charge in [0.15, 0.2) is 0 Å². The Morgan fingerprint density at radius 2 is 1.35 bits per heavy atom. The van der Waals surface area contributed by atoms with E-state index in [1.165, 1.54) is 62.5 Å². The molecule has 0 saturated heterocycles. The van der Waals surface area contributed by atoms with E-state index < -0.39 is 0 Å². The molecule has 0 N–H and O–H groups in total. The van der Waals surface area contributed by atoms with Crippen LogP contribution in [0.15, 0.2) is 36.4 Å². The molecule has 2 saturated carbocycles. The molecule has 1 aromatic rings. The highest BCUT2D eigenvalue weighted by Crippen LogP contribution is 2.43. The normalized spacial score (nSPS) is 28.6. The first kappa shape index (κ1) is 13.9. The first-order valence-electron chi connectivity index (χ1n) is 8.45. The summed E-state index contributed by atoms with van der Waals surface area (Å²) in [5, 5.41) is 0. The van der Waals surface area contributed by atoms with Gasteiger partial charge in [-0.3, -0.25) is 0 Å². The number of aryl methyl sites for hydroxylation is 1. The van der Waals surface area contributed by atoms with Gasteiger partial charge in [-0.25, -0.2) is 0 Å². The standard InChI is InChI=1S/C20H28/c1-15-3-7-17(8-4-15)19-11-13-20(14-12-19)18-9-5-16(2)6-10-18/h5-6,9-10,17,19-20H,1,3-4,7-8,11-14H2,2H3. The Balaban J connectivity index is 1.54. The third kappa shape index (κ3) is 3.16. The molecule has 0 atom stereocenters. The van der Waals surface area contributed by atoms with Crippen LogP contribution in [0, 0.1) is 18.8 Å². The zero-order chi connectivity index (χ0) is 13.9. The second-order valence-electron chi connectivity index (χ2n) is 7.11. The number of rotatable bonds is 2. The summed E-state index contributed by atoms with van der Waals surface area (Å²) in [6.07, 6.45) is 11.1. The summed E-state index contributed by atoms with van der Waals surface area (Å²) in [5.74, 6) is 2.83. The lowest BCUT2D eigenvalue weighted by atomic mass is 9.69. The van der Waals surface area contributed by atoms with Crippen molar-refractivity contribution in [2.24, 2.45) is 11.8 Å². The van der Waals surface area contributed by atoms with Crippen molar-refractivity contribution in [1.82, 2.24) is 0 Å².